The van der Waals surface area contributed by atoms with Gasteiger partial charge in [0, 0.05) is 19.3 Å². The summed E-state index contributed by atoms with van der Waals surface area (Å²) in [6.07, 6.45) is 1.01. The van der Waals surface area contributed by atoms with E-state index in [-0.39, 0.29) is 22.8 Å². The third-order valence-electron chi connectivity index (χ3n) is 5.29. The number of ether oxygens (including phenoxy) is 1. The van der Waals surface area contributed by atoms with Crippen molar-refractivity contribution in [1.29, 1.82) is 5.26 Å². The van der Waals surface area contributed by atoms with E-state index < -0.39 is 5.41 Å². The maximum Gasteiger partial charge on any atom is 0.240 e. The molecule has 1 saturated heterocycles. The van der Waals surface area contributed by atoms with Gasteiger partial charge in [0.25, 0.3) is 0 Å². The average Bonchev–Trinajstić information content (AvgIpc) is 2.72. The monoisotopic (exact) mass is 250 g/mol. The van der Waals surface area contributed by atoms with Crippen molar-refractivity contribution in [2.24, 2.45) is 16.2 Å². The maximum atomic E-state index is 12.4. The van der Waals surface area contributed by atoms with Gasteiger partial charge in [-0.3, -0.25) is 4.79 Å². The summed E-state index contributed by atoms with van der Waals surface area (Å²) in [5, 5.41) is 12.4. The summed E-state index contributed by atoms with van der Waals surface area (Å²) in [5.41, 5.74) is -0.679. The lowest BCUT2D eigenvalue weighted by atomic mass is 9.81. The van der Waals surface area contributed by atoms with Gasteiger partial charge in [-0.05, 0) is 23.7 Å². The first-order valence-electron chi connectivity index (χ1n) is 6.58. The van der Waals surface area contributed by atoms with E-state index in [4.69, 9.17) is 4.74 Å². The summed E-state index contributed by atoms with van der Waals surface area (Å²) >= 11 is 0. The number of hydrogen-bond acceptors (Lipinski definition) is 3. The summed E-state index contributed by atoms with van der Waals surface area (Å²) < 4.78 is 5.25. The Balaban J connectivity index is 2.07. The highest BCUT2D eigenvalue weighted by Crippen LogP contribution is 2.62. The van der Waals surface area contributed by atoms with Crippen LogP contribution in [0, 0.1) is 27.6 Å². The Morgan fingerprint density at radius 3 is 2.11 bits per heavy atom. The number of carbonyl (C=O) groups excluding carboxylic acids is 1. The Kier molecular flexibility index (Phi) is 2.94. The molecule has 0 aromatic heterocycles. The van der Waals surface area contributed by atoms with Crippen molar-refractivity contribution < 1.29 is 9.53 Å². The van der Waals surface area contributed by atoms with Crippen LogP contribution < -0.4 is 5.32 Å². The molecular weight excluding hydrogens is 228 g/mol. The lowest BCUT2D eigenvalue weighted by molar-refractivity contribution is -0.132. The Hall–Kier alpha value is -1.08. The summed E-state index contributed by atoms with van der Waals surface area (Å²) in [6.45, 7) is 9.61. The third kappa shape index (κ3) is 1.73. The van der Waals surface area contributed by atoms with Crippen molar-refractivity contribution in [1.82, 2.24) is 5.32 Å². The third-order valence-corrected chi connectivity index (χ3v) is 5.29. The highest BCUT2D eigenvalue weighted by molar-refractivity contribution is 5.86. The molecule has 18 heavy (non-hydrogen) atoms. The van der Waals surface area contributed by atoms with Gasteiger partial charge < -0.3 is 10.1 Å². The van der Waals surface area contributed by atoms with Crippen LogP contribution in [0.1, 0.15) is 40.5 Å². The minimum Gasteiger partial charge on any atom is -0.381 e. The van der Waals surface area contributed by atoms with Crippen LogP contribution in [0.5, 0.6) is 0 Å². The van der Waals surface area contributed by atoms with E-state index >= 15 is 0 Å². The number of amides is 1. The summed E-state index contributed by atoms with van der Waals surface area (Å²) in [6, 6.07) is 2.37. The van der Waals surface area contributed by atoms with Crippen molar-refractivity contribution in [2.75, 3.05) is 13.2 Å². The minimum absolute atomic E-state index is 0.102. The Labute approximate surface area is 109 Å². The lowest BCUT2D eigenvalue weighted by Crippen LogP contribution is -2.45. The van der Waals surface area contributed by atoms with Crippen LogP contribution in [-0.2, 0) is 9.53 Å². The van der Waals surface area contributed by atoms with Gasteiger partial charge in [-0.2, -0.15) is 5.26 Å². The highest BCUT2D eigenvalue weighted by Gasteiger charge is 2.66. The molecule has 0 aromatic carbocycles. The molecule has 1 N–H and O–H groups in total. The highest BCUT2D eigenvalue weighted by atomic mass is 16.5. The molecule has 1 saturated carbocycles. The van der Waals surface area contributed by atoms with E-state index in [2.05, 4.69) is 39.1 Å². The van der Waals surface area contributed by atoms with Crippen LogP contribution in [0.3, 0.4) is 0 Å². The van der Waals surface area contributed by atoms with Crippen LogP contribution in [-0.4, -0.2) is 25.2 Å². The molecule has 1 aliphatic heterocycles. The topological polar surface area (TPSA) is 62.1 Å². The molecule has 0 unspecified atom stereocenters. The number of carbonyl (C=O) groups is 1. The largest absolute Gasteiger partial charge is 0.381 e. The zero-order valence-electron chi connectivity index (χ0n) is 11.7. The van der Waals surface area contributed by atoms with Crippen LogP contribution in [0.4, 0.5) is 0 Å². The number of rotatable bonds is 2. The molecule has 2 fully saturated rings. The second-order valence-corrected chi connectivity index (χ2v) is 6.66. The molecule has 1 heterocycles. The molecule has 2 aliphatic rings. The number of nitriles is 1. The average molecular weight is 250 g/mol. The summed E-state index contributed by atoms with van der Waals surface area (Å²) in [4.78, 5) is 12.4. The van der Waals surface area contributed by atoms with Gasteiger partial charge in [0.2, 0.25) is 5.91 Å². The molecular formula is C14H22N2O2. The fourth-order valence-corrected chi connectivity index (χ4v) is 2.94. The Morgan fingerprint density at radius 2 is 1.72 bits per heavy atom. The van der Waals surface area contributed by atoms with Crippen molar-refractivity contribution in [2.45, 2.75) is 46.6 Å². The molecule has 100 valence electrons. The van der Waals surface area contributed by atoms with Crippen LogP contribution in [0.15, 0.2) is 0 Å². The number of hydrogen-bond donors (Lipinski definition) is 1. The predicted molar refractivity (Wildman–Crippen MR) is 67.6 cm³/mol. The van der Waals surface area contributed by atoms with E-state index in [9.17, 15) is 10.1 Å². The SMILES string of the molecule is CC1(C)C(NC(=O)C2(C#N)CCOCC2)C1(C)C. The van der Waals surface area contributed by atoms with E-state index in [1.165, 1.54) is 0 Å². The van der Waals surface area contributed by atoms with Gasteiger partial charge in [0.15, 0.2) is 0 Å². The first-order valence-corrected chi connectivity index (χ1v) is 6.58. The Morgan fingerprint density at radius 1 is 1.22 bits per heavy atom. The quantitative estimate of drug-likeness (QED) is 0.813. The fourth-order valence-electron chi connectivity index (χ4n) is 2.94. The standard InChI is InChI=1S/C14H22N2O2/c1-12(2)10(13(12,3)4)16-11(17)14(9-15)5-7-18-8-6-14/h10H,5-8H2,1-4H3,(H,16,17). The van der Waals surface area contributed by atoms with Crippen molar-refractivity contribution in [3.8, 4) is 6.07 Å². The van der Waals surface area contributed by atoms with Crippen molar-refractivity contribution in [3.63, 3.8) is 0 Å². The van der Waals surface area contributed by atoms with E-state index in [1.54, 1.807) is 0 Å². The normalized spacial score (nSPS) is 28.2. The number of nitrogens with one attached hydrogen (secondary N) is 1. The van der Waals surface area contributed by atoms with E-state index in [1.807, 2.05) is 0 Å². The molecule has 4 nitrogen and oxygen atoms in total. The molecule has 0 radical (unpaired) electrons. The fraction of sp³-hybridized carbons (Fsp3) is 0.857. The molecule has 2 rings (SSSR count). The second-order valence-electron chi connectivity index (χ2n) is 6.66. The maximum absolute atomic E-state index is 12.4. The minimum atomic E-state index is -0.882. The van der Waals surface area contributed by atoms with Gasteiger partial charge >= 0.3 is 0 Å². The van der Waals surface area contributed by atoms with Crippen LogP contribution in [0.2, 0.25) is 0 Å². The summed E-state index contributed by atoms with van der Waals surface area (Å²) in [7, 11) is 0. The van der Waals surface area contributed by atoms with Gasteiger partial charge in [-0.1, -0.05) is 27.7 Å². The predicted octanol–water partition coefficient (Wildman–Crippen LogP) is 1.86. The molecule has 1 aliphatic carbocycles. The summed E-state index contributed by atoms with van der Waals surface area (Å²) in [5.74, 6) is -0.114. The lowest BCUT2D eigenvalue weighted by Gasteiger charge is -2.29. The van der Waals surface area contributed by atoms with Crippen LogP contribution in [0.25, 0.3) is 0 Å². The molecule has 0 atom stereocenters. The van der Waals surface area contributed by atoms with E-state index in [0.717, 1.165) is 0 Å². The first-order chi connectivity index (χ1) is 8.28. The van der Waals surface area contributed by atoms with Gasteiger partial charge in [0.1, 0.15) is 5.41 Å². The molecule has 0 bridgehead atoms. The zero-order chi connectivity index (χ0) is 13.6. The zero-order valence-corrected chi connectivity index (χ0v) is 11.7. The Bertz CT molecular complexity index is 387. The smallest absolute Gasteiger partial charge is 0.240 e. The first kappa shape index (κ1) is 13.4. The van der Waals surface area contributed by atoms with Crippen molar-refractivity contribution in [3.05, 3.63) is 0 Å². The van der Waals surface area contributed by atoms with Crippen LogP contribution >= 0.6 is 0 Å². The molecule has 1 amide bonds. The van der Waals surface area contributed by atoms with Crippen molar-refractivity contribution >= 4 is 5.91 Å². The number of nitrogens with zero attached hydrogens (tertiary/aromatic N) is 1. The van der Waals surface area contributed by atoms with Gasteiger partial charge in [-0.25, -0.2) is 0 Å². The molecule has 0 aromatic rings. The molecule has 0 spiro atoms. The van der Waals surface area contributed by atoms with Gasteiger partial charge in [-0.15, -0.1) is 0 Å². The van der Waals surface area contributed by atoms with E-state index in [0.29, 0.717) is 26.1 Å². The second kappa shape index (κ2) is 3.96. The van der Waals surface area contributed by atoms with Gasteiger partial charge in [0.05, 0.1) is 6.07 Å². The molecule has 4 heteroatoms.